The first kappa shape index (κ1) is 20.3. The Morgan fingerprint density at radius 3 is 2.70 bits per heavy atom. The number of nitrogens with zero attached hydrogens (tertiary/aromatic N) is 4. The van der Waals surface area contributed by atoms with Gasteiger partial charge in [0.05, 0.1) is 6.54 Å². The Bertz CT molecular complexity index is 577. The van der Waals surface area contributed by atoms with Crippen molar-refractivity contribution in [2.24, 2.45) is 4.99 Å². The van der Waals surface area contributed by atoms with E-state index in [4.69, 9.17) is 4.99 Å². The molecule has 2 aliphatic heterocycles. The molecule has 6 nitrogen and oxygen atoms in total. The molecule has 1 unspecified atom stereocenters. The number of piperazine rings is 1. The van der Waals surface area contributed by atoms with E-state index in [1.165, 1.54) is 18.6 Å². The molecule has 2 aliphatic rings. The predicted octanol–water partition coefficient (Wildman–Crippen LogP) is 2.17. The van der Waals surface area contributed by atoms with E-state index in [1.54, 1.807) is 0 Å². The third-order valence-electron chi connectivity index (χ3n) is 5.24. The maximum atomic E-state index is 4.73. The lowest BCUT2D eigenvalue weighted by atomic mass is 10.2. The number of likely N-dealkylation sites (N-methyl/N-ethyl adjacent to an activating group) is 1. The van der Waals surface area contributed by atoms with Gasteiger partial charge in [-0.05, 0) is 43.7 Å². The minimum atomic E-state index is 0.657. The molecule has 0 aliphatic carbocycles. The molecule has 0 amide bonds. The fourth-order valence-electron chi connectivity index (χ4n) is 3.52. The summed E-state index contributed by atoms with van der Waals surface area (Å²) in [5.74, 6) is 3.29. The summed E-state index contributed by atoms with van der Waals surface area (Å²) in [6.07, 6.45) is 4.63. The van der Waals surface area contributed by atoms with Crippen molar-refractivity contribution in [3.8, 4) is 0 Å². The molecular weight excluding hydrogens is 356 g/mol. The van der Waals surface area contributed by atoms with Crippen LogP contribution in [0.4, 0.5) is 5.82 Å². The zero-order valence-corrected chi connectivity index (χ0v) is 17.6. The zero-order valence-electron chi connectivity index (χ0n) is 16.8. The SMILES string of the molecule is CCNC(=NCc1ccc(N2CCN(CC)CC2)nc1)NCC1CCCS1. The molecule has 27 heavy (non-hydrogen) atoms. The second-order valence-electron chi connectivity index (χ2n) is 7.16. The van der Waals surface area contributed by atoms with Gasteiger partial charge in [-0.3, -0.25) is 0 Å². The van der Waals surface area contributed by atoms with E-state index in [9.17, 15) is 0 Å². The molecule has 2 N–H and O–H groups in total. The van der Waals surface area contributed by atoms with Crippen molar-refractivity contribution < 1.29 is 0 Å². The molecule has 1 aromatic rings. The maximum Gasteiger partial charge on any atom is 0.191 e. The van der Waals surface area contributed by atoms with Crippen LogP contribution in [0.2, 0.25) is 0 Å². The summed E-state index contributed by atoms with van der Waals surface area (Å²) in [5.41, 5.74) is 1.15. The fraction of sp³-hybridized carbons (Fsp3) is 0.700. The van der Waals surface area contributed by atoms with Gasteiger partial charge >= 0.3 is 0 Å². The van der Waals surface area contributed by atoms with Crippen molar-refractivity contribution in [2.45, 2.75) is 38.5 Å². The van der Waals surface area contributed by atoms with Gasteiger partial charge in [0.15, 0.2) is 5.96 Å². The molecule has 0 aromatic carbocycles. The van der Waals surface area contributed by atoms with Crippen molar-refractivity contribution >= 4 is 23.5 Å². The number of thioether (sulfide) groups is 1. The average molecular weight is 391 g/mol. The Hall–Kier alpha value is -1.47. The van der Waals surface area contributed by atoms with Crippen molar-refractivity contribution in [3.05, 3.63) is 23.9 Å². The number of anilines is 1. The van der Waals surface area contributed by atoms with Gasteiger partial charge in [-0.15, -0.1) is 0 Å². The molecule has 150 valence electrons. The number of aliphatic imine (C=N–C) groups is 1. The highest BCUT2D eigenvalue weighted by molar-refractivity contribution is 8.00. The van der Waals surface area contributed by atoms with Gasteiger partial charge in [0.1, 0.15) is 5.82 Å². The van der Waals surface area contributed by atoms with Crippen LogP contribution in [0.5, 0.6) is 0 Å². The smallest absolute Gasteiger partial charge is 0.191 e. The normalized spacial score (nSPS) is 21.5. The van der Waals surface area contributed by atoms with E-state index in [0.29, 0.717) is 6.54 Å². The molecule has 7 heteroatoms. The Balaban J connectivity index is 1.50. The highest BCUT2D eigenvalue weighted by Gasteiger charge is 2.17. The molecule has 1 aromatic heterocycles. The minimum Gasteiger partial charge on any atom is -0.357 e. The molecule has 1 atom stereocenters. The molecule has 3 rings (SSSR count). The van der Waals surface area contributed by atoms with Gasteiger partial charge < -0.3 is 20.4 Å². The van der Waals surface area contributed by atoms with Crippen LogP contribution in [0.1, 0.15) is 32.3 Å². The largest absolute Gasteiger partial charge is 0.357 e. The lowest BCUT2D eigenvalue weighted by molar-refractivity contribution is 0.270. The van der Waals surface area contributed by atoms with Crippen LogP contribution in [-0.2, 0) is 6.54 Å². The number of nitrogens with one attached hydrogen (secondary N) is 2. The first-order valence-corrected chi connectivity index (χ1v) is 11.4. The molecule has 2 saturated heterocycles. The van der Waals surface area contributed by atoms with Crippen LogP contribution < -0.4 is 15.5 Å². The highest BCUT2D eigenvalue weighted by Crippen LogP contribution is 2.25. The summed E-state index contributed by atoms with van der Waals surface area (Å²) in [6.45, 7) is 12.4. The topological polar surface area (TPSA) is 55.8 Å². The van der Waals surface area contributed by atoms with Gasteiger partial charge in [-0.1, -0.05) is 13.0 Å². The monoisotopic (exact) mass is 390 g/mol. The van der Waals surface area contributed by atoms with Crippen LogP contribution in [0, 0.1) is 0 Å². The lowest BCUT2D eigenvalue weighted by Crippen LogP contribution is -2.46. The standard InChI is InChI=1S/C20H34N6S/c1-3-21-20(24-16-18-6-5-13-27-18)23-15-17-7-8-19(22-14-17)26-11-9-25(4-2)10-12-26/h7-8,14,18H,3-6,9-13,15-16H2,1-2H3,(H2,21,23,24). The summed E-state index contributed by atoms with van der Waals surface area (Å²) in [5, 5.41) is 7.56. The van der Waals surface area contributed by atoms with Crippen LogP contribution in [0.25, 0.3) is 0 Å². The Morgan fingerprint density at radius 1 is 1.22 bits per heavy atom. The van der Waals surface area contributed by atoms with Crippen LogP contribution in [0.3, 0.4) is 0 Å². The Kier molecular flexibility index (Phi) is 8.08. The third-order valence-corrected chi connectivity index (χ3v) is 6.64. The highest BCUT2D eigenvalue weighted by atomic mass is 32.2. The summed E-state index contributed by atoms with van der Waals surface area (Å²) in [6, 6.07) is 4.30. The van der Waals surface area contributed by atoms with Crippen molar-refractivity contribution in [1.29, 1.82) is 0 Å². The maximum absolute atomic E-state index is 4.73. The van der Waals surface area contributed by atoms with Crippen molar-refractivity contribution in [1.82, 2.24) is 20.5 Å². The molecule has 0 bridgehead atoms. The third kappa shape index (κ3) is 6.28. The van der Waals surface area contributed by atoms with E-state index >= 15 is 0 Å². The number of hydrogen-bond donors (Lipinski definition) is 2. The first-order chi connectivity index (χ1) is 13.3. The summed E-state index contributed by atoms with van der Waals surface area (Å²) in [7, 11) is 0. The summed E-state index contributed by atoms with van der Waals surface area (Å²) < 4.78 is 0. The van der Waals surface area contributed by atoms with E-state index in [1.807, 2.05) is 6.20 Å². The molecule has 2 fully saturated rings. The number of guanidine groups is 1. The number of pyridine rings is 1. The van der Waals surface area contributed by atoms with Crippen LogP contribution in [0.15, 0.2) is 23.3 Å². The summed E-state index contributed by atoms with van der Waals surface area (Å²) >= 11 is 2.07. The number of rotatable bonds is 7. The van der Waals surface area contributed by atoms with E-state index in [0.717, 1.165) is 68.4 Å². The molecule has 0 spiro atoms. The van der Waals surface area contributed by atoms with Gasteiger partial charge in [0.2, 0.25) is 0 Å². The molecule has 0 saturated carbocycles. The Morgan fingerprint density at radius 2 is 2.07 bits per heavy atom. The van der Waals surface area contributed by atoms with Gasteiger partial charge in [-0.25, -0.2) is 9.98 Å². The molecule has 3 heterocycles. The molecule has 0 radical (unpaired) electrons. The van der Waals surface area contributed by atoms with Crippen molar-refractivity contribution in [3.63, 3.8) is 0 Å². The van der Waals surface area contributed by atoms with Gasteiger partial charge in [0, 0.05) is 50.7 Å². The predicted molar refractivity (Wildman–Crippen MR) is 117 cm³/mol. The second kappa shape index (κ2) is 10.8. The molecular formula is C20H34N6S. The van der Waals surface area contributed by atoms with Crippen LogP contribution in [-0.4, -0.2) is 72.7 Å². The number of aromatic nitrogens is 1. The minimum absolute atomic E-state index is 0.657. The zero-order chi connectivity index (χ0) is 18.9. The van der Waals surface area contributed by atoms with E-state index < -0.39 is 0 Å². The van der Waals surface area contributed by atoms with E-state index in [-0.39, 0.29) is 0 Å². The second-order valence-corrected chi connectivity index (χ2v) is 8.57. The summed E-state index contributed by atoms with van der Waals surface area (Å²) in [4.78, 5) is 14.3. The Labute approximate surface area is 168 Å². The van der Waals surface area contributed by atoms with Gasteiger partial charge in [0.25, 0.3) is 0 Å². The quantitative estimate of drug-likeness (QED) is 0.550. The fourth-order valence-corrected chi connectivity index (χ4v) is 4.72. The lowest BCUT2D eigenvalue weighted by Gasteiger charge is -2.34. The number of hydrogen-bond acceptors (Lipinski definition) is 5. The van der Waals surface area contributed by atoms with Crippen molar-refractivity contribution in [2.75, 3.05) is 56.5 Å². The first-order valence-electron chi connectivity index (χ1n) is 10.3. The average Bonchev–Trinajstić information content (AvgIpc) is 3.24. The van der Waals surface area contributed by atoms with Crippen LogP contribution >= 0.6 is 11.8 Å². The van der Waals surface area contributed by atoms with E-state index in [2.05, 4.69) is 63.2 Å². The van der Waals surface area contributed by atoms with Gasteiger partial charge in [-0.2, -0.15) is 11.8 Å².